The SMILES string of the molecule is C[C@H](O)c1ccc(Sc2nncs2)c(Br)c1. The summed E-state index contributed by atoms with van der Waals surface area (Å²) in [6.07, 6.45) is -0.447. The molecule has 0 bridgehead atoms. The van der Waals surface area contributed by atoms with Crippen LogP contribution in [0.25, 0.3) is 0 Å². The number of nitrogens with zero attached hydrogens (tertiary/aromatic N) is 2. The third-order valence-electron chi connectivity index (χ3n) is 1.98. The summed E-state index contributed by atoms with van der Waals surface area (Å²) < 4.78 is 1.87. The van der Waals surface area contributed by atoms with E-state index < -0.39 is 6.10 Å². The van der Waals surface area contributed by atoms with Crippen LogP contribution in [0.15, 0.2) is 37.4 Å². The fourth-order valence-corrected chi connectivity index (χ4v) is 3.24. The Morgan fingerprint density at radius 1 is 1.50 bits per heavy atom. The Morgan fingerprint density at radius 3 is 2.88 bits per heavy atom. The fraction of sp³-hybridized carbons (Fsp3) is 0.200. The zero-order valence-electron chi connectivity index (χ0n) is 8.42. The van der Waals surface area contributed by atoms with Crippen molar-refractivity contribution in [3.63, 3.8) is 0 Å². The van der Waals surface area contributed by atoms with Gasteiger partial charge in [0.05, 0.1) is 6.10 Å². The average molecular weight is 317 g/mol. The summed E-state index contributed by atoms with van der Waals surface area (Å²) in [4.78, 5) is 1.07. The molecule has 0 fully saturated rings. The molecule has 6 heteroatoms. The molecule has 0 aliphatic carbocycles. The Kier molecular flexibility index (Phi) is 3.96. The maximum atomic E-state index is 9.45. The minimum atomic E-state index is -0.447. The predicted octanol–water partition coefficient (Wildman–Crippen LogP) is 3.51. The van der Waals surface area contributed by atoms with Gasteiger partial charge < -0.3 is 5.11 Å². The molecule has 0 saturated heterocycles. The van der Waals surface area contributed by atoms with Crippen molar-refractivity contribution in [3.8, 4) is 0 Å². The van der Waals surface area contributed by atoms with Crippen molar-refractivity contribution >= 4 is 39.0 Å². The molecular weight excluding hydrogens is 308 g/mol. The summed E-state index contributed by atoms with van der Waals surface area (Å²) in [6, 6.07) is 5.81. The van der Waals surface area contributed by atoms with Gasteiger partial charge in [-0.1, -0.05) is 29.2 Å². The van der Waals surface area contributed by atoms with Crippen LogP contribution in [0.2, 0.25) is 0 Å². The van der Waals surface area contributed by atoms with Crippen LogP contribution in [0.5, 0.6) is 0 Å². The van der Waals surface area contributed by atoms with Crippen LogP contribution in [0.3, 0.4) is 0 Å². The fourth-order valence-electron chi connectivity index (χ4n) is 1.16. The van der Waals surface area contributed by atoms with Crippen molar-refractivity contribution in [3.05, 3.63) is 33.7 Å². The van der Waals surface area contributed by atoms with Gasteiger partial charge in [0.15, 0.2) is 4.34 Å². The van der Waals surface area contributed by atoms with Crippen LogP contribution in [0.1, 0.15) is 18.6 Å². The lowest BCUT2D eigenvalue weighted by atomic mass is 10.1. The molecule has 0 amide bonds. The summed E-state index contributed by atoms with van der Waals surface area (Å²) in [5, 5.41) is 17.2. The second kappa shape index (κ2) is 5.27. The monoisotopic (exact) mass is 316 g/mol. The number of aliphatic hydroxyl groups excluding tert-OH is 1. The Bertz CT molecular complexity index is 474. The average Bonchev–Trinajstić information content (AvgIpc) is 2.73. The summed E-state index contributed by atoms with van der Waals surface area (Å²) >= 11 is 6.55. The number of rotatable bonds is 3. The number of aromatic nitrogens is 2. The lowest BCUT2D eigenvalue weighted by Crippen LogP contribution is -1.90. The normalized spacial score (nSPS) is 12.7. The van der Waals surface area contributed by atoms with E-state index in [9.17, 15) is 5.11 Å². The highest BCUT2D eigenvalue weighted by atomic mass is 79.9. The van der Waals surface area contributed by atoms with Crippen molar-refractivity contribution in [2.75, 3.05) is 0 Å². The van der Waals surface area contributed by atoms with Gasteiger partial charge >= 0.3 is 0 Å². The highest BCUT2D eigenvalue weighted by Gasteiger charge is 2.08. The smallest absolute Gasteiger partial charge is 0.178 e. The number of aliphatic hydroxyl groups is 1. The highest BCUT2D eigenvalue weighted by molar-refractivity contribution is 9.10. The van der Waals surface area contributed by atoms with Gasteiger partial charge in [-0.3, -0.25) is 0 Å². The van der Waals surface area contributed by atoms with E-state index in [1.54, 1.807) is 24.2 Å². The topological polar surface area (TPSA) is 46.0 Å². The van der Waals surface area contributed by atoms with E-state index in [1.807, 2.05) is 18.2 Å². The lowest BCUT2D eigenvalue weighted by molar-refractivity contribution is 0.199. The molecule has 16 heavy (non-hydrogen) atoms. The standard InChI is InChI=1S/C10H9BrN2OS2/c1-6(14)7-2-3-9(8(11)4-7)16-10-13-12-5-15-10/h2-6,14H,1H3/t6-/m0/s1. The number of halogens is 1. The molecule has 0 aliphatic heterocycles. The molecule has 3 nitrogen and oxygen atoms in total. The van der Waals surface area contributed by atoms with Crippen molar-refractivity contribution in [1.82, 2.24) is 10.2 Å². The van der Waals surface area contributed by atoms with Gasteiger partial charge in [-0.05, 0) is 40.5 Å². The zero-order valence-corrected chi connectivity index (χ0v) is 11.6. The molecule has 1 aromatic heterocycles. The van der Waals surface area contributed by atoms with Gasteiger partial charge in [-0.25, -0.2) is 0 Å². The first kappa shape index (κ1) is 12.0. The quantitative estimate of drug-likeness (QED) is 0.941. The molecule has 2 rings (SSSR count). The van der Waals surface area contributed by atoms with Crippen molar-refractivity contribution in [1.29, 1.82) is 0 Å². The summed E-state index contributed by atoms with van der Waals surface area (Å²) in [5.41, 5.74) is 2.61. The van der Waals surface area contributed by atoms with Crippen molar-refractivity contribution in [2.45, 2.75) is 22.3 Å². The highest BCUT2D eigenvalue weighted by Crippen LogP contribution is 2.35. The minimum Gasteiger partial charge on any atom is -0.389 e. The van der Waals surface area contributed by atoms with E-state index in [4.69, 9.17) is 0 Å². The van der Waals surface area contributed by atoms with E-state index in [1.165, 1.54) is 11.3 Å². The van der Waals surface area contributed by atoms with Gasteiger partial charge in [-0.2, -0.15) is 0 Å². The molecule has 0 unspecified atom stereocenters. The molecule has 0 spiro atoms. The molecule has 1 atom stereocenters. The van der Waals surface area contributed by atoms with Crippen LogP contribution in [-0.2, 0) is 0 Å². The molecular formula is C10H9BrN2OS2. The molecule has 0 radical (unpaired) electrons. The second-order valence-corrected chi connectivity index (χ2v) is 6.15. The van der Waals surface area contributed by atoms with E-state index >= 15 is 0 Å². The van der Waals surface area contributed by atoms with Crippen LogP contribution in [0.4, 0.5) is 0 Å². The second-order valence-electron chi connectivity index (χ2n) is 3.17. The Morgan fingerprint density at radius 2 is 2.31 bits per heavy atom. The summed E-state index contributed by atoms with van der Waals surface area (Å²) in [7, 11) is 0. The van der Waals surface area contributed by atoms with Crippen LogP contribution >= 0.6 is 39.0 Å². The third kappa shape index (κ3) is 2.82. The van der Waals surface area contributed by atoms with E-state index in [2.05, 4.69) is 26.1 Å². The summed E-state index contributed by atoms with van der Waals surface area (Å²) in [6.45, 7) is 1.75. The van der Waals surface area contributed by atoms with Crippen molar-refractivity contribution in [2.24, 2.45) is 0 Å². The largest absolute Gasteiger partial charge is 0.389 e. The third-order valence-corrected chi connectivity index (χ3v) is 4.75. The molecule has 0 aliphatic rings. The molecule has 1 heterocycles. The van der Waals surface area contributed by atoms with Crippen LogP contribution in [-0.4, -0.2) is 15.3 Å². The van der Waals surface area contributed by atoms with Gasteiger partial charge in [0.1, 0.15) is 5.51 Å². The van der Waals surface area contributed by atoms with Crippen LogP contribution < -0.4 is 0 Å². The number of hydrogen-bond acceptors (Lipinski definition) is 5. The molecule has 84 valence electrons. The van der Waals surface area contributed by atoms with Crippen molar-refractivity contribution < 1.29 is 5.11 Å². The first-order chi connectivity index (χ1) is 7.66. The van der Waals surface area contributed by atoms with E-state index in [-0.39, 0.29) is 0 Å². The number of hydrogen-bond donors (Lipinski definition) is 1. The summed E-state index contributed by atoms with van der Waals surface area (Å²) in [5.74, 6) is 0. The van der Waals surface area contributed by atoms with Gasteiger partial charge in [0.2, 0.25) is 0 Å². The molecule has 0 saturated carbocycles. The maximum absolute atomic E-state index is 9.45. The number of benzene rings is 1. The van der Waals surface area contributed by atoms with Gasteiger partial charge in [-0.15, -0.1) is 10.2 Å². The molecule has 2 aromatic rings. The first-order valence-electron chi connectivity index (χ1n) is 4.58. The predicted molar refractivity (Wildman–Crippen MR) is 68.8 cm³/mol. The van der Waals surface area contributed by atoms with E-state index in [0.29, 0.717) is 0 Å². The first-order valence-corrected chi connectivity index (χ1v) is 7.07. The van der Waals surface area contributed by atoms with E-state index in [0.717, 1.165) is 19.3 Å². The van der Waals surface area contributed by atoms with Gasteiger partial charge in [0, 0.05) is 9.37 Å². The van der Waals surface area contributed by atoms with Gasteiger partial charge in [0.25, 0.3) is 0 Å². The molecule has 1 aromatic carbocycles. The minimum absolute atomic E-state index is 0.447. The Balaban J connectivity index is 2.23. The Labute approximate surface area is 110 Å². The lowest BCUT2D eigenvalue weighted by Gasteiger charge is -2.07. The Hall–Kier alpha value is -0.430. The zero-order chi connectivity index (χ0) is 11.5. The maximum Gasteiger partial charge on any atom is 0.178 e. The van der Waals surface area contributed by atoms with Crippen LogP contribution in [0, 0.1) is 0 Å². The molecule has 1 N–H and O–H groups in total.